The molecule has 0 radical (unpaired) electrons. The van der Waals surface area contributed by atoms with Gasteiger partial charge < -0.3 is 5.32 Å². The normalized spacial score (nSPS) is 9.42. The Kier molecular flexibility index (Phi) is 3.75. The average Bonchev–Trinajstić information content (AvgIpc) is 2.46. The zero-order chi connectivity index (χ0) is 13.7. The molecule has 2 rings (SSSR count). The fourth-order valence-corrected chi connectivity index (χ4v) is 1.74. The van der Waals surface area contributed by atoms with Gasteiger partial charge in [-0.2, -0.15) is 10.5 Å². The van der Waals surface area contributed by atoms with Crippen LogP contribution in [0.4, 0.5) is 10.1 Å². The molecule has 0 aliphatic heterocycles. The summed E-state index contributed by atoms with van der Waals surface area (Å²) < 4.78 is 13.0. The van der Waals surface area contributed by atoms with Gasteiger partial charge >= 0.3 is 0 Å². The van der Waals surface area contributed by atoms with Gasteiger partial charge in [0.25, 0.3) is 0 Å². The highest BCUT2D eigenvalue weighted by atomic mass is 19.1. The number of halogens is 1. The lowest BCUT2D eigenvalue weighted by atomic mass is 10.1. The Balaban J connectivity index is 2.20. The van der Waals surface area contributed by atoms with Crippen LogP contribution in [0.5, 0.6) is 0 Å². The van der Waals surface area contributed by atoms with Crippen molar-refractivity contribution in [3.63, 3.8) is 0 Å². The summed E-state index contributed by atoms with van der Waals surface area (Å²) in [5.74, 6) is -0.445. The van der Waals surface area contributed by atoms with Crippen molar-refractivity contribution in [2.75, 3.05) is 5.32 Å². The maximum absolute atomic E-state index is 13.0. The first-order chi connectivity index (χ1) is 9.24. The second-order valence-corrected chi connectivity index (χ2v) is 3.92. The van der Waals surface area contributed by atoms with Crippen LogP contribution in [0.2, 0.25) is 0 Å². The minimum Gasteiger partial charge on any atom is -0.380 e. The van der Waals surface area contributed by atoms with Gasteiger partial charge in [-0.05, 0) is 29.8 Å². The molecule has 2 aromatic carbocycles. The van der Waals surface area contributed by atoms with Crippen LogP contribution in [0.3, 0.4) is 0 Å². The third kappa shape index (κ3) is 2.88. The Labute approximate surface area is 110 Å². The molecular weight excluding hydrogens is 241 g/mol. The monoisotopic (exact) mass is 251 g/mol. The second kappa shape index (κ2) is 5.66. The average molecular weight is 251 g/mol. The summed E-state index contributed by atoms with van der Waals surface area (Å²) >= 11 is 0. The van der Waals surface area contributed by atoms with E-state index in [0.29, 0.717) is 17.8 Å². The molecule has 3 nitrogen and oxygen atoms in total. The lowest BCUT2D eigenvalue weighted by Gasteiger charge is -2.09. The van der Waals surface area contributed by atoms with E-state index in [1.807, 2.05) is 18.2 Å². The number of nitriles is 2. The van der Waals surface area contributed by atoms with E-state index in [1.54, 1.807) is 12.1 Å². The van der Waals surface area contributed by atoms with Crippen LogP contribution >= 0.6 is 0 Å². The van der Waals surface area contributed by atoms with Crippen LogP contribution in [0.25, 0.3) is 0 Å². The van der Waals surface area contributed by atoms with Crippen molar-refractivity contribution in [2.24, 2.45) is 0 Å². The number of hydrogen-bond donors (Lipinski definition) is 1. The van der Waals surface area contributed by atoms with Crippen LogP contribution in [0.15, 0.2) is 42.5 Å². The first-order valence-electron chi connectivity index (χ1n) is 5.66. The summed E-state index contributed by atoms with van der Waals surface area (Å²) in [6.45, 7) is 0.407. The number of anilines is 1. The van der Waals surface area contributed by atoms with Gasteiger partial charge in [0, 0.05) is 6.54 Å². The van der Waals surface area contributed by atoms with Gasteiger partial charge in [0.05, 0.1) is 22.9 Å². The minimum absolute atomic E-state index is 0.245. The number of nitrogens with one attached hydrogen (secondary N) is 1. The van der Waals surface area contributed by atoms with Gasteiger partial charge in [-0.25, -0.2) is 4.39 Å². The second-order valence-electron chi connectivity index (χ2n) is 3.92. The van der Waals surface area contributed by atoms with Crippen LogP contribution in [0.1, 0.15) is 16.7 Å². The zero-order valence-electron chi connectivity index (χ0n) is 10.0. The van der Waals surface area contributed by atoms with Crippen LogP contribution in [-0.2, 0) is 6.54 Å². The highest BCUT2D eigenvalue weighted by Crippen LogP contribution is 2.18. The first-order valence-corrected chi connectivity index (χ1v) is 5.66. The van der Waals surface area contributed by atoms with Gasteiger partial charge in [0.1, 0.15) is 11.9 Å². The molecule has 0 saturated heterocycles. The Bertz CT molecular complexity index is 681. The Morgan fingerprint density at radius 1 is 1.00 bits per heavy atom. The maximum Gasteiger partial charge on any atom is 0.124 e. The molecule has 0 fully saturated rings. The third-order valence-corrected chi connectivity index (χ3v) is 2.71. The topological polar surface area (TPSA) is 59.6 Å². The Hall–Kier alpha value is -2.85. The van der Waals surface area contributed by atoms with E-state index in [1.165, 1.54) is 18.2 Å². The van der Waals surface area contributed by atoms with Crippen molar-refractivity contribution in [3.05, 3.63) is 65.0 Å². The molecule has 19 heavy (non-hydrogen) atoms. The van der Waals surface area contributed by atoms with Crippen molar-refractivity contribution in [3.8, 4) is 12.1 Å². The van der Waals surface area contributed by atoms with Crippen molar-refractivity contribution in [1.82, 2.24) is 0 Å². The van der Waals surface area contributed by atoms with Gasteiger partial charge in [-0.1, -0.05) is 18.2 Å². The van der Waals surface area contributed by atoms with Crippen molar-refractivity contribution in [1.29, 1.82) is 10.5 Å². The van der Waals surface area contributed by atoms with E-state index >= 15 is 0 Å². The number of hydrogen-bond acceptors (Lipinski definition) is 3. The minimum atomic E-state index is -0.445. The molecular formula is C15H10FN3. The molecule has 1 N–H and O–H groups in total. The summed E-state index contributed by atoms with van der Waals surface area (Å²) in [5, 5.41) is 20.9. The van der Waals surface area contributed by atoms with Crippen LogP contribution in [-0.4, -0.2) is 0 Å². The van der Waals surface area contributed by atoms with E-state index in [2.05, 4.69) is 11.4 Å². The predicted molar refractivity (Wildman–Crippen MR) is 69.6 cm³/mol. The maximum atomic E-state index is 13.0. The molecule has 2 aromatic rings. The summed E-state index contributed by atoms with van der Waals surface area (Å²) in [6, 6.07) is 15.2. The van der Waals surface area contributed by atoms with E-state index in [4.69, 9.17) is 10.5 Å². The van der Waals surface area contributed by atoms with E-state index in [0.717, 1.165) is 5.56 Å². The smallest absolute Gasteiger partial charge is 0.124 e. The van der Waals surface area contributed by atoms with Crippen molar-refractivity contribution >= 4 is 5.69 Å². The molecule has 0 aliphatic carbocycles. The summed E-state index contributed by atoms with van der Waals surface area (Å²) in [4.78, 5) is 0. The lowest BCUT2D eigenvalue weighted by molar-refractivity contribution is 0.627. The molecule has 4 heteroatoms. The predicted octanol–water partition coefficient (Wildman–Crippen LogP) is 3.18. The molecule has 0 saturated carbocycles. The largest absolute Gasteiger partial charge is 0.380 e. The Morgan fingerprint density at radius 2 is 1.74 bits per heavy atom. The molecule has 92 valence electrons. The quantitative estimate of drug-likeness (QED) is 0.911. The van der Waals surface area contributed by atoms with Gasteiger partial charge in [0.15, 0.2) is 0 Å². The first kappa shape index (κ1) is 12.6. The van der Waals surface area contributed by atoms with E-state index in [-0.39, 0.29) is 5.56 Å². The molecule has 0 unspecified atom stereocenters. The Morgan fingerprint density at radius 3 is 2.47 bits per heavy atom. The molecule has 0 heterocycles. The molecule has 0 aromatic heterocycles. The third-order valence-electron chi connectivity index (χ3n) is 2.71. The summed E-state index contributed by atoms with van der Waals surface area (Å²) in [6.07, 6.45) is 0. The molecule has 0 bridgehead atoms. The van der Waals surface area contributed by atoms with Gasteiger partial charge in [-0.15, -0.1) is 0 Å². The van der Waals surface area contributed by atoms with Gasteiger partial charge in [0.2, 0.25) is 0 Å². The van der Waals surface area contributed by atoms with Crippen LogP contribution in [0, 0.1) is 28.5 Å². The highest BCUT2D eigenvalue weighted by molar-refractivity contribution is 5.58. The SMILES string of the molecule is N#Cc1ccccc1CNc1ccc(F)cc1C#N. The molecule has 0 spiro atoms. The summed E-state index contributed by atoms with van der Waals surface area (Å²) in [7, 11) is 0. The molecule has 0 atom stereocenters. The van der Waals surface area contributed by atoms with E-state index < -0.39 is 5.82 Å². The fraction of sp³-hybridized carbons (Fsp3) is 0.0667. The number of nitrogens with zero attached hydrogens (tertiary/aromatic N) is 2. The van der Waals surface area contributed by atoms with E-state index in [9.17, 15) is 4.39 Å². The molecule has 0 amide bonds. The van der Waals surface area contributed by atoms with Crippen molar-refractivity contribution < 1.29 is 4.39 Å². The van der Waals surface area contributed by atoms with Crippen LogP contribution < -0.4 is 5.32 Å². The lowest BCUT2D eigenvalue weighted by Crippen LogP contribution is -2.03. The summed E-state index contributed by atoms with van der Waals surface area (Å²) in [5.41, 5.74) is 2.21. The van der Waals surface area contributed by atoms with Gasteiger partial charge in [-0.3, -0.25) is 0 Å². The molecule has 0 aliphatic rings. The zero-order valence-corrected chi connectivity index (χ0v) is 10.0. The van der Waals surface area contributed by atoms with Crippen molar-refractivity contribution in [2.45, 2.75) is 6.54 Å². The number of benzene rings is 2. The number of rotatable bonds is 3. The fourth-order valence-electron chi connectivity index (χ4n) is 1.74. The standard InChI is InChI=1S/C15H10FN3/c16-14-5-6-15(13(7-14)9-18)19-10-12-4-2-1-3-11(12)8-17/h1-7,19H,10H2. The highest BCUT2D eigenvalue weighted by Gasteiger charge is 2.05.